The second-order valence-corrected chi connectivity index (χ2v) is 4.36. The van der Waals surface area contributed by atoms with E-state index in [1.165, 1.54) is 5.56 Å². The Morgan fingerprint density at radius 3 is 2.81 bits per heavy atom. The number of aryl methyl sites for hydroxylation is 1. The van der Waals surface area contributed by atoms with Gasteiger partial charge in [0.1, 0.15) is 5.76 Å². The van der Waals surface area contributed by atoms with Crippen molar-refractivity contribution < 1.29 is 4.42 Å². The van der Waals surface area contributed by atoms with Gasteiger partial charge in [-0.25, -0.2) is 0 Å². The highest BCUT2D eigenvalue weighted by Gasteiger charge is 2.02. The maximum atomic E-state index is 5.37. The van der Waals surface area contributed by atoms with Gasteiger partial charge in [0.25, 0.3) is 0 Å². The van der Waals surface area contributed by atoms with Crippen molar-refractivity contribution in [2.24, 2.45) is 0 Å². The van der Waals surface area contributed by atoms with E-state index in [0.29, 0.717) is 6.04 Å². The minimum Gasteiger partial charge on any atom is -0.469 e. The zero-order chi connectivity index (χ0) is 11.8. The first-order valence-corrected chi connectivity index (χ1v) is 6.23. The Balaban J connectivity index is 2.07. The molecule has 1 aromatic heterocycles. The van der Waals surface area contributed by atoms with E-state index in [2.05, 4.69) is 37.5 Å². The predicted molar refractivity (Wildman–Crippen MR) is 67.5 cm³/mol. The molecule has 3 nitrogen and oxygen atoms in total. The summed E-state index contributed by atoms with van der Waals surface area (Å²) in [5.74, 6) is 1.10. The molecule has 0 fully saturated rings. The Hall–Kier alpha value is -0.800. The molecule has 0 bridgehead atoms. The molecule has 2 N–H and O–H groups in total. The normalized spacial score (nSPS) is 11.2. The van der Waals surface area contributed by atoms with Crippen LogP contribution >= 0.6 is 0 Å². The van der Waals surface area contributed by atoms with Gasteiger partial charge in [-0.3, -0.25) is 0 Å². The molecule has 0 unspecified atom stereocenters. The number of hydrogen-bond acceptors (Lipinski definition) is 3. The van der Waals surface area contributed by atoms with Crippen molar-refractivity contribution in [2.45, 2.75) is 46.2 Å². The second kappa shape index (κ2) is 7.47. The fourth-order valence-electron chi connectivity index (χ4n) is 1.66. The van der Waals surface area contributed by atoms with Crippen molar-refractivity contribution in [2.75, 3.05) is 13.1 Å². The zero-order valence-corrected chi connectivity index (χ0v) is 10.7. The quantitative estimate of drug-likeness (QED) is 0.665. The molecule has 1 aromatic rings. The van der Waals surface area contributed by atoms with E-state index < -0.39 is 0 Å². The number of rotatable bonds is 8. The van der Waals surface area contributed by atoms with Gasteiger partial charge in [-0.2, -0.15) is 0 Å². The van der Waals surface area contributed by atoms with Crippen molar-refractivity contribution in [3.8, 4) is 0 Å². The molecule has 0 radical (unpaired) electrons. The van der Waals surface area contributed by atoms with Gasteiger partial charge in [0.2, 0.25) is 0 Å². The van der Waals surface area contributed by atoms with Gasteiger partial charge < -0.3 is 15.1 Å². The highest BCUT2D eigenvalue weighted by atomic mass is 16.3. The third kappa shape index (κ3) is 4.81. The van der Waals surface area contributed by atoms with Gasteiger partial charge >= 0.3 is 0 Å². The van der Waals surface area contributed by atoms with Crippen LogP contribution < -0.4 is 10.6 Å². The SMILES string of the molecule is CCc1occc1CNCCCNC(C)C. The minimum absolute atomic E-state index is 0.584. The minimum atomic E-state index is 0.584. The van der Waals surface area contributed by atoms with E-state index in [9.17, 15) is 0 Å². The number of hydrogen-bond donors (Lipinski definition) is 2. The van der Waals surface area contributed by atoms with Crippen molar-refractivity contribution >= 4 is 0 Å². The average molecular weight is 224 g/mol. The number of nitrogens with one attached hydrogen (secondary N) is 2. The van der Waals surface area contributed by atoms with E-state index in [1.54, 1.807) is 6.26 Å². The summed E-state index contributed by atoms with van der Waals surface area (Å²) >= 11 is 0. The summed E-state index contributed by atoms with van der Waals surface area (Å²) in [7, 11) is 0. The fraction of sp³-hybridized carbons (Fsp3) is 0.692. The van der Waals surface area contributed by atoms with Gasteiger partial charge in [0.15, 0.2) is 0 Å². The summed E-state index contributed by atoms with van der Waals surface area (Å²) in [6, 6.07) is 2.64. The molecule has 0 aliphatic carbocycles. The molecule has 0 aliphatic heterocycles. The first kappa shape index (κ1) is 13.3. The third-order valence-electron chi connectivity index (χ3n) is 2.56. The lowest BCUT2D eigenvalue weighted by Gasteiger charge is -2.08. The zero-order valence-electron chi connectivity index (χ0n) is 10.7. The van der Waals surface area contributed by atoms with E-state index in [-0.39, 0.29) is 0 Å². The lowest BCUT2D eigenvalue weighted by molar-refractivity contribution is 0.505. The van der Waals surface area contributed by atoms with Crippen LogP contribution in [0.1, 0.15) is 38.5 Å². The molecule has 16 heavy (non-hydrogen) atoms. The number of furan rings is 1. The van der Waals surface area contributed by atoms with Crippen LogP contribution in [-0.4, -0.2) is 19.1 Å². The summed E-state index contributed by atoms with van der Waals surface area (Å²) < 4.78 is 5.37. The first-order valence-electron chi connectivity index (χ1n) is 6.23. The van der Waals surface area contributed by atoms with Crippen molar-refractivity contribution in [1.82, 2.24) is 10.6 Å². The van der Waals surface area contributed by atoms with Crippen molar-refractivity contribution in [3.63, 3.8) is 0 Å². The molecule has 1 rings (SSSR count). The molecule has 1 heterocycles. The largest absolute Gasteiger partial charge is 0.469 e. The van der Waals surface area contributed by atoms with E-state index in [0.717, 1.165) is 38.2 Å². The average Bonchev–Trinajstić information content (AvgIpc) is 2.70. The van der Waals surface area contributed by atoms with Crippen LogP contribution in [0, 0.1) is 0 Å². The van der Waals surface area contributed by atoms with Crippen LogP contribution in [0.4, 0.5) is 0 Å². The summed E-state index contributed by atoms with van der Waals surface area (Å²) in [5.41, 5.74) is 1.29. The molecule has 0 spiro atoms. The Labute approximate surface area is 98.6 Å². The van der Waals surface area contributed by atoms with Crippen molar-refractivity contribution in [1.29, 1.82) is 0 Å². The molecule has 92 valence electrons. The highest BCUT2D eigenvalue weighted by Crippen LogP contribution is 2.10. The van der Waals surface area contributed by atoms with Crippen molar-refractivity contribution in [3.05, 3.63) is 23.7 Å². The lowest BCUT2D eigenvalue weighted by Crippen LogP contribution is -2.26. The van der Waals surface area contributed by atoms with Gasteiger partial charge in [0.05, 0.1) is 6.26 Å². The highest BCUT2D eigenvalue weighted by molar-refractivity contribution is 5.16. The predicted octanol–water partition coefficient (Wildman–Crippen LogP) is 2.32. The molecular formula is C13H24N2O. The van der Waals surface area contributed by atoms with Gasteiger partial charge in [-0.15, -0.1) is 0 Å². The third-order valence-corrected chi connectivity index (χ3v) is 2.56. The van der Waals surface area contributed by atoms with Gasteiger partial charge in [-0.05, 0) is 25.6 Å². The fourth-order valence-corrected chi connectivity index (χ4v) is 1.66. The van der Waals surface area contributed by atoms with Crippen LogP contribution in [0.15, 0.2) is 16.7 Å². The van der Waals surface area contributed by atoms with Crippen LogP contribution in [0.5, 0.6) is 0 Å². The van der Waals surface area contributed by atoms with E-state index >= 15 is 0 Å². The molecule has 0 aromatic carbocycles. The Bertz CT molecular complexity index is 281. The lowest BCUT2D eigenvalue weighted by atomic mass is 10.2. The summed E-state index contributed by atoms with van der Waals surface area (Å²) in [6.45, 7) is 9.51. The van der Waals surface area contributed by atoms with Crippen LogP contribution in [0.2, 0.25) is 0 Å². The van der Waals surface area contributed by atoms with Gasteiger partial charge in [-0.1, -0.05) is 20.8 Å². The first-order chi connectivity index (χ1) is 7.74. The molecule has 0 aliphatic rings. The molecular weight excluding hydrogens is 200 g/mol. The summed E-state index contributed by atoms with van der Waals surface area (Å²) in [6.07, 6.45) is 3.91. The maximum Gasteiger partial charge on any atom is 0.107 e. The van der Waals surface area contributed by atoms with Gasteiger partial charge in [0, 0.05) is 24.6 Å². The van der Waals surface area contributed by atoms with Crippen LogP contribution in [-0.2, 0) is 13.0 Å². The molecule has 0 saturated heterocycles. The monoisotopic (exact) mass is 224 g/mol. The standard InChI is InChI=1S/C13H24N2O/c1-4-13-12(6-9-16-13)10-14-7-5-8-15-11(2)3/h6,9,11,14-15H,4-5,7-8,10H2,1-3H3. The molecule has 0 saturated carbocycles. The molecule has 0 atom stereocenters. The molecule has 0 amide bonds. The van der Waals surface area contributed by atoms with Crippen LogP contribution in [0.25, 0.3) is 0 Å². The van der Waals surface area contributed by atoms with E-state index in [4.69, 9.17) is 4.42 Å². The molecule has 3 heteroatoms. The Morgan fingerprint density at radius 2 is 2.12 bits per heavy atom. The Kier molecular flexibility index (Phi) is 6.19. The topological polar surface area (TPSA) is 37.2 Å². The maximum absolute atomic E-state index is 5.37. The summed E-state index contributed by atoms with van der Waals surface area (Å²) in [4.78, 5) is 0. The van der Waals surface area contributed by atoms with E-state index in [1.807, 2.05) is 0 Å². The second-order valence-electron chi connectivity index (χ2n) is 4.36. The van der Waals surface area contributed by atoms with Crippen LogP contribution in [0.3, 0.4) is 0 Å². The smallest absolute Gasteiger partial charge is 0.107 e. The summed E-state index contributed by atoms with van der Waals surface area (Å²) in [5, 5.41) is 6.84. The Morgan fingerprint density at radius 1 is 1.31 bits per heavy atom.